The van der Waals surface area contributed by atoms with Crippen LogP contribution in [0.15, 0.2) is 5.10 Å². The van der Waals surface area contributed by atoms with Gasteiger partial charge in [-0.25, -0.2) is 0 Å². The smallest absolute Gasteiger partial charge is 0.210 e. The maximum Gasteiger partial charge on any atom is 0.210 e. The maximum absolute atomic E-state index is 4.96. The Labute approximate surface area is 54.0 Å². The molecule has 0 amide bonds. The molecule has 0 rings (SSSR count). The van der Waals surface area contributed by atoms with Crippen molar-refractivity contribution in [2.24, 2.45) is 16.6 Å². The number of guanidine groups is 1. The van der Waals surface area contributed by atoms with Gasteiger partial charge in [-0.15, -0.1) is 5.10 Å². The van der Waals surface area contributed by atoms with Crippen LogP contribution in [-0.4, -0.2) is 12.1 Å². The van der Waals surface area contributed by atoms with Gasteiger partial charge < -0.3 is 11.5 Å². The first-order valence-electron chi connectivity index (χ1n) is 2.62. The lowest BCUT2D eigenvalue weighted by Crippen LogP contribution is -2.27. The molecular weight excluding hydrogens is 120 g/mol. The molecule has 54 valence electrons. The van der Waals surface area contributed by atoms with Crippen molar-refractivity contribution in [3.05, 3.63) is 0 Å². The highest BCUT2D eigenvalue weighted by Gasteiger charge is 1.87. The van der Waals surface area contributed by atoms with E-state index in [0.29, 0.717) is 0 Å². The molecule has 0 spiro atoms. The summed E-state index contributed by atoms with van der Waals surface area (Å²) in [6.07, 6.45) is 0.0631. The lowest BCUT2D eigenvalue weighted by Gasteiger charge is -2.03. The molecule has 0 unspecified atom stereocenters. The Bertz CT molecular complexity index is 96.7. The van der Waals surface area contributed by atoms with Crippen LogP contribution in [0.4, 0.5) is 0 Å². The van der Waals surface area contributed by atoms with E-state index < -0.39 is 0 Å². The Morgan fingerprint density at radius 3 is 2.44 bits per heavy atom. The van der Waals surface area contributed by atoms with E-state index >= 15 is 0 Å². The van der Waals surface area contributed by atoms with Crippen molar-refractivity contribution in [3.8, 4) is 0 Å². The molecule has 9 heavy (non-hydrogen) atoms. The molecule has 5 N–H and O–H groups in total. The third-order valence-electron chi connectivity index (χ3n) is 0.463. The second kappa shape index (κ2) is 3.96. The first-order valence-corrected chi connectivity index (χ1v) is 2.62. The van der Waals surface area contributed by atoms with Gasteiger partial charge in [0.15, 0.2) is 0 Å². The normalized spacial score (nSPS) is 9.22. The molecule has 0 atom stereocenters. The molecule has 0 aliphatic carbocycles. The SMILES string of the molecule is CC(C)ONN=C(N)N. The highest BCUT2D eigenvalue weighted by atomic mass is 16.7. The van der Waals surface area contributed by atoms with Gasteiger partial charge in [0.25, 0.3) is 0 Å². The Kier molecular flexibility index (Phi) is 3.54. The number of nitrogens with two attached hydrogens (primary N) is 2. The van der Waals surface area contributed by atoms with Crippen molar-refractivity contribution in [3.63, 3.8) is 0 Å². The maximum atomic E-state index is 4.96. The quantitative estimate of drug-likeness (QED) is 0.264. The molecule has 0 saturated carbocycles. The van der Waals surface area contributed by atoms with E-state index in [4.69, 9.17) is 16.3 Å². The van der Waals surface area contributed by atoms with Crippen LogP contribution < -0.4 is 17.1 Å². The van der Waals surface area contributed by atoms with Crippen LogP contribution in [0, 0.1) is 0 Å². The van der Waals surface area contributed by atoms with Gasteiger partial charge in [0.2, 0.25) is 5.96 Å². The van der Waals surface area contributed by atoms with Crippen LogP contribution in [0.2, 0.25) is 0 Å². The molecule has 0 aromatic heterocycles. The van der Waals surface area contributed by atoms with Crippen LogP contribution in [0.1, 0.15) is 13.8 Å². The molecule has 0 aromatic carbocycles. The second-order valence-electron chi connectivity index (χ2n) is 1.79. The summed E-state index contributed by atoms with van der Waals surface area (Å²) in [6, 6.07) is 0. The number of nitrogens with zero attached hydrogens (tertiary/aromatic N) is 1. The summed E-state index contributed by atoms with van der Waals surface area (Å²) in [5.41, 5.74) is 12.2. The molecule has 0 aliphatic heterocycles. The lowest BCUT2D eigenvalue weighted by atomic mass is 10.5. The summed E-state index contributed by atoms with van der Waals surface area (Å²) >= 11 is 0. The summed E-state index contributed by atoms with van der Waals surface area (Å²) in [5, 5.41) is 3.36. The van der Waals surface area contributed by atoms with Crippen molar-refractivity contribution in [2.75, 3.05) is 0 Å². The Morgan fingerprint density at radius 2 is 2.11 bits per heavy atom. The minimum absolute atomic E-state index is 0.0457. The van der Waals surface area contributed by atoms with Crippen LogP contribution in [0.5, 0.6) is 0 Å². The minimum Gasteiger partial charge on any atom is -0.369 e. The second-order valence-corrected chi connectivity index (χ2v) is 1.79. The van der Waals surface area contributed by atoms with Gasteiger partial charge in [-0.2, -0.15) is 5.59 Å². The highest BCUT2D eigenvalue weighted by molar-refractivity contribution is 5.75. The van der Waals surface area contributed by atoms with Crippen molar-refractivity contribution in [2.45, 2.75) is 20.0 Å². The number of hydrogen-bond donors (Lipinski definition) is 3. The van der Waals surface area contributed by atoms with Gasteiger partial charge in [-0.05, 0) is 13.8 Å². The molecule has 0 radical (unpaired) electrons. The fourth-order valence-electron chi connectivity index (χ4n) is 0.184. The van der Waals surface area contributed by atoms with Crippen molar-refractivity contribution >= 4 is 5.96 Å². The predicted octanol–water partition coefficient (Wildman–Crippen LogP) is -0.896. The summed E-state index contributed by atoms with van der Waals surface area (Å²) in [6.45, 7) is 3.71. The molecule has 0 aliphatic rings. The monoisotopic (exact) mass is 132 g/mol. The van der Waals surface area contributed by atoms with Gasteiger partial charge in [0, 0.05) is 0 Å². The predicted molar refractivity (Wildman–Crippen MR) is 35.2 cm³/mol. The zero-order valence-corrected chi connectivity index (χ0v) is 5.59. The largest absolute Gasteiger partial charge is 0.369 e. The fourth-order valence-corrected chi connectivity index (χ4v) is 0.184. The van der Waals surface area contributed by atoms with Crippen molar-refractivity contribution < 1.29 is 4.84 Å². The van der Waals surface area contributed by atoms with Gasteiger partial charge in [-0.1, -0.05) is 0 Å². The van der Waals surface area contributed by atoms with Gasteiger partial charge >= 0.3 is 0 Å². The Balaban J connectivity index is 3.20. The number of nitrogens with one attached hydrogen (secondary N) is 1. The molecule has 0 heterocycles. The van der Waals surface area contributed by atoms with E-state index in [1.54, 1.807) is 0 Å². The van der Waals surface area contributed by atoms with E-state index in [1.165, 1.54) is 0 Å². The number of rotatable bonds is 3. The van der Waals surface area contributed by atoms with Gasteiger partial charge in [0.05, 0.1) is 6.10 Å². The molecule has 0 aromatic rings. The fraction of sp³-hybridized carbons (Fsp3) is 0.750. The standard InChI is InChI=1S/C4H12N4O/c1-3(2)9-8-7-4(5)6/h3,8H,1-2H3,(H4,5,6,7). The van der Waals surface area contributed by atoms with E-state index in [0.717, 1.165) is 0 Å². The topological polar surface area (TPSA) is 85.7 Å². The Morgan fingerprint density at radius 1 is 1.56 bits per heavy atom. The first-order chi connectivity index (χ1) is 4.13. The van der Waals surface area contributed by atoms with Gasteiger partial charge in [0.1, 0.15) is 0 Å². The van der Waals surface area contributed by atoms with E-state index in [1.807, 2.05) is 13.8 Å². The summed E-state index contributed by atoms with van der Waals surface area (Å²) in [5.74, 6) is -0.0457. The zero-order valence-electron chi connectivity index (χ0n) is 5.59. The molecule has 5 heteroatoms. The highest BCUT2D eigenvalue weighted by Crippen LogP contribution is 1.80. The van der Waals surface area contributed by atoms with Crippen LogP contribution >= 0.6 is 0 Å². The number of hydrogen-bond acceptors (Lipinski definition) is 3. The summed E-state index contributed by atoms with van der Waals surface area (Å²) in [7, 11) is 0. The third kappa shape index (κ3) is 7.03. The molecule has 5 nitrogen and oxygen atoms in total. The molecular formula is C4H12N4O. The average molecular weight is 132 g/mol. The molecule has 0 saturated heterocycles. The summed E-state index contributed by atoms with van der Waals surface area (Å²) in [4.78, 5) is 4.76. The average Bonchev–Trinajstić information content (AvgIpc) is 1.63. The van der Waals surface area contributed by atoms with Gasteiger partial charge in [-0.3, -0.25) is 4.84 Å². The van der Waals surface area contributed by atoms with Crippen molar-refractivity contribution in [1.82, 2.24) is 5.59 Å². The van der Waals surface area contributed by atoms with Crippen LogP contribution in [-0.2, 0) is 4.84 Å². The van der Waals surface area contributed by atoms with Crippen LogP contribution in [0.25, 0.3) is 0 Å². The third-order valence-corrected chi connectivity index (χ3v) is 0.463. The van der Waals surface area contributed by atoms with E-state index in [9.17, 15) is 0 Å². The number of hydrazone groups is 1. The minimum atomic E-state index is -0.0457. The lowest BCUT2D eigenvalue weighted by molar-refractivity contribution is -0.00344. The molecule has 0 fully saturated rings. The van der Waals surface area contributed by atoms with Crippen LogP contribution in [0.3, 0.4) is 0 Å². The Hall–Kier alpha value is -0.970. The first kappa shape index (κ1) is 8.03. The van der Waals surface area contributed by atoms with E-state index in [2.05, 4.69) is 10.7 Å². The van der Waals surface area contributed by atoms with Crippen molar-refractivity contribution in [1.29, 1.82) is 0 Å². The molecule has 0 bridgehead atoms. The van der Waals surface area contributed by atoms with E-state index in [-0.39, 0.29) is 12.1 Å². The summed E-state index contributed by atoms with van der Waals surface area (Å²) < 4.78 is 0. The zero-order chi connectivity index (χ0) is 7.28.